The zero-order valence-corrected chi connectivity index (χ0v) is 14.6. The normalized spacial score (nSPS) is 19.5. The Labute approximate surface area is 147 Å². The number of rotatable bonds is 2. The number of likely N-dealkylation sites (tertiary alicyclic amines) is 1. The predicted molar refractivity (Wildman–Crippen MR) is 94.6 cm³/mol. The van der Waals surface area contributed by atoms with E-state index in [2.05, 4.69) is 21.4 Å². The quantitative estimate of drug-likeness (QED) is 0.910. The molecule has 1 saturated heterocycles. The summed E-state index contributed by atoms with van der Waals surface area (Å²) in [7, 11) is 1.85. The topological polar surface area (TPSA) is 67.4 Å². The van der Waals surface area contributed by atoms with Crippen LogP contribution in [-0.2, 0) is 17.8 Å². The molecule has 0 spiro atoms. The Bertz CT molecular complexity index is 821. The van der Waals surface area contributed by atoms with E-state index < -0.39 is 0 Å². The molecule has 0 unspecified atom stereocenters. The summed E-state index contributed by atoms with van der Waals surface area (Å²) in [6.07, 6.45) is 2.15. The number of carbonyl (C=O) groups is 1. The van der Waals surface area contributed by atoms with E-state index in [4.69, 9.17) is 4.74 Å². The second-order valence-electron chi connectivity index (χ2n) is 6.77. The van der Waals surface area contributed by atoms with Gasteiger partial charge in [0.15, 0.2) is 0 Å². The van der Waals surface area contributed by atoms with Crippen LogP contribution < -0.4 is 10.1 Å². The van der Waals surface area contributed by atoms with Crippen LogP contribution in [-0.4, -0.2) is 40.4 Å². The van der Waals surface area contributed by atoms with E-state index in [0.29, 0.717) is 19.6 Å². The van der Waals surface area contributed by atoms with Crippen LogP contribution in [0, 0.1) is 6.92 Å². The summed E-state index contributed by atoms with van der Waals surface area (Å²) in [6, 6.07) is 8.30. The van der Waals surface area contributed by atoms with E-state index in [-0.39, 0.29) is 11.9 Å². The number of benzene rings is 1. The molecule has 1 amide bonds. The summed E-state index contributed by atoms with van der Waals surface area (Å²) < 4.78 is 5.94. The van der Waals surface area contributed by atoms with Gasteiger partial charge in [-0.1, -0.05) is 18.2 Å². The van der Waals surface area contributed by atoms with Crippen molar-refractivity contribution in [1.82, 2.24) is 14.9 Å². The summed E-state index contributed by atoms with van der Waals surface area (Å²) in [5.41, 5.74) is 3.18. The molecule has 0 radical (unpaired) electrons. The number of ether oxygens (including phenoxy) is 1. The first kappa shape index (κ1) is 15.9. The molecule has 2 aliphatic heterocycles. The number of piperidine rings is 1. The molecule has 1 atom stereocenters. The van der Waals surface area contributed by atoms with Gasteiger partial charge in [-0.15, -0.1) is 0 Å². The SMILES string of the molecule is Cc1nc2c(c(N[C@@H]3CCC(=O)N(C)C3)n1)Cc1ccccc1OC2. The number of para-hydroxylation sites is 1. The summed E-state index contributed by atoms with van der Waals surface area (Å²) in [5.74, 6) is 2.72. The minimum atomic E-state index is 0.207. The lowest BCUT2D eigenvalue weighted by Gasteiger charge is -2.31. The molecule has 0 saturated carbocycles. The van der Waals surface area contributed by atoms with Gasteiger partial charge in [0.2, 0.25) is 5.91 Å². The summed E-state index contributed by atoms with van der Waals surface area (Å²) in [5, 5.41) is 3.56. The lowest BCUT2D eigenvalue weighted by Crippen LogP contribution is -2.43. The van der Waals surface area contributed by atoms with E-state index >= 15 is 0 Å². The number of aromatic nitrogens is 2. The van der Waals surface area contributed by atoms with Crippen molar-refractivity contribution in [3.63, 3.8) is 0 Å². The molecule has 130 valence electrons. The number of fused-ring (bicyclic) bond motifs is 2. The van der Waals surface area contributed by atoms with Crippen LogP contribution in [0.3, 0.4) is 0 Å². The van der Waals surface area contributed by atoms with E-state index in [9.17, 15) is 4.79 Å². The fourth-order valence-electron chi connectivity index (χ4n) is 3.53. The van der Waals surface area contributed by atoms with Crippen molar-refractivity contribution in [2.24, 2.45) is 0 Å². The number of anilines is 1. The molecule has 2 aliphatic rings. The zero-order valence-electron chi connectivity index (χ0n) is 14.6. The predicted octanol–water partition coefficient (Wildman–Crippen LogP) is 2.30. The second kappa shape index (κ2) is 6.35. The number of hydrogen-bond acceptors (Lipinski definition) is 5. The van der Waals surface area contributed by atoms with Crippen molar-refractivity contribution < 1.29 is 9.53 Å². The summed E-state index contributed by atoms with van der Waals surface area (Å²) in [6.45, 7) is 3.05. The fourth-order valence-corrected chi connectivity index (χ4v) is 3.53. The Hall–Kier alpha value is -2.63. The number of likely N-dealkylation sites (N-methyl/N-ethyl adjacent to an activating group) is 1. The lowest BCUT2D eigenvalue weighted by atomic mass is 10.0. The molecule has 1 aromatic heterocycles. The Morgan fingerprint density at radius 1 is 1.28 bits per heavy atom. The van der Waals surface area contributed by atoms with E-state index in [1.54, 1.807) is 4.90 Å². The Kier molecular flexibility index (Phi) is 4.03. The Morgan fingerprint density at radius 3 is 2.96 bits per heavy atom. The lowest BCUT2D eigenvalue weighted by molar-refractivity contribution is -0.132. The summed E-state index contributed by atoms with van der Waals surface area (Å²) in [4.78, 5) is 22.8. The number of nitrogens with one attached hydrogen (secondary N) is 1. The van der Waals surface area contributed by atoms with Crippen LogP contribution in [0.25, 0.3) is 0 Å². The van der Waals surface area contributed by atoms with Gasteiger partial charge in [0.1, 0.15) is 24.0 Å². The van der Waals surface area contributed by atoms with Crippen LogP contribution in [0.5, 0.6) is 5.75 Å². The van der Waals surface area contributed by atoms with Gasteiger partial charge in [-0.25, -0.2) is 9.97 Å². The molecular formula is C19H22N4O2. The number of hydrogen-bond donors (Lipinski definition) is 1. The average Bonchev–Trinajstić information content (AvgIpc) is 2.78. The third-order valence-corrected chi connectivity index (χ3v) is 4.88. The van der Waals surface area contributed by atoms with Crippen LogP contribution in [0.1, 0.15) is 35.5 Å². The molecular weight excluding hydrogens is 316 g/mol. The number of carbonyl (C=O) groups excluding carboxylic acids is 1. The molecule has 2 aromatic rings. The van der Waals surface area contributed by atoms with Gasteiger partial charge in [0, 0.05) is 38.0 Å². The van der Waals surface area contributed by atoms with Gasteiger partial charge in [0.05, 0.1) is 5.69 Å². The first-order valence-electron chi connectivity index (χ1n) is 8.68. The first-order chi connectivity index (χ1) is 12.1. The van der Waals surface area contributed by atoms with Crippen molar-refractivity contribution in [2.75, 3.05) is 18.9 Å². The maximum Gasteiger partial charge on any atom is 0.222 e. The second-order valence-corrected chi connectivity index (χ2v) is 6.77. The molecule has 6 heteroatoms. The minimum absolute atomic E-state index is 0.207. The van der Waals surface area contributed by atoms with E-state index in [1.807, 2.05) is 32.2 Å². The van der Waals surface area contributed by atoms with Crippen LogP contribution >= 0.6 is 0 Å². The first-order valence-corrected chi connectivity index (χ1v) is 8.68. The van der Waals surface area contributed by atoms with Gasteiger partial charge < -0.3 is 15.0 Å². The zero-order chi connectivity index (χ0) is 17.4. The van der Waals surface area contributed by atoms with Gasteiger partial charge in [-0.2, -0.15) is 0 Å². The molecule has 25 heavy (non-hydrogen) atoms. The highest BCUT2D eigenvalue weighted by atomic mass is 16.5. The third kappa shape index (κ3) is 3.16. The van der Waals surface area contributed by atoms with Crippen LogP contribution in [0.2, 0.25) is 0 Å². The van der Waals surface area contributed by atoms with E-state index in [1.165, 1.54) is 0 Å². The van der Waals surface area contributed by atoms with Crippen molar-refractivity contribution in [3.8, 4) is 5.75 Å². The van der Waals surface area contributed by atoms with Crippen molar-refractivity contribution in [2.45, 2.75) is 38.8 Å². The molecule has 0 aliphatic carbocycles. The number of nitrogens with zero attached hydrogens (tertiary/aromatic N) is 3. The van der Waals surface area contributed by atoms with Crippen molar-refractivity contribution >= 4 is 11.7 Å². The van der Waals surface area contributed by atoms with Gasteiger partial charge in [-0.3, -0.25) is 4.79 Å². The van der Waals surface area contributed by atoms with Crippen LogP contribution in [0.15, 0.2) is 24.3 Å². The molecule has 6 nitrogen and oxygen atoms in total. The van der Waals surface area contributed by atoms with Crippen molar-refractivity contribution in [3.05, 3.63) is 46.9 Å². The Balaban J connectivity index is 1.66. The summed E-state index contributed by atoms with van der Waals surface area (Å²) >= 11 is 0. The van der Waals surface area contributed by atoms with Crippen molar-refractivity contribution in [1.29, 1.82) is 0 Å². The van der Waals surface area contributed by atoms with Crippen LogP contribution in [0.4, 0.5) is 5.82 Å². The monoisotopic (exact) mass is 338 g/mol. The number of aryl methyl sites for hydroxylation is 1. The van der Waals surface area contributed by atoms with Gasteiger partial charge in [0.25, 0.3) is 0 Å². The maximum absolute atomic E-state index is 11.7. The number of amides is 1. The molecule has 1 N–H and O–H groups in total. The molecule has 1 aromatic carbocycles. The fraction of sp³-hybridized carbons (Fsp3) is 0.421. The smallest absolute Gasteiger partial charge is 0.222 e. The largest absolute Gasteiger partial charge is 0.487 e. The highest BCUT2D eigenvalue weighted by molar-refractivity contribution is 5.77. The Morgan fingerprint density at radius 2 is 2.12 bits per heavy atom. The average molecular weight is 338 g/mol. The van der Waals surface area contributed by atoms with Gasteiger partial charge >= 0.3 is 0 Å². The maximum atomic E-state index is 11.7. The molecule has 4 rings (SSSR count). The minimum Gasteiger partial charge on any atom is -0.487 e. The third-order valence-electron chi connectivity index (χ3n) is 4.88. The highest BCUT2D eigenvalue weighted by Gasteiger charge is 2.26. The molecule has 3 heterocycles. The highest BCUT2D eigenvalue weighted by Crippen LogP contribution is 2.31. The van der Waals surface area contributed by atoms with E-state index in [0.717, 1.165) is 47.1 Å². The molecule has 1 fully saturated rings. The van der Waals surface area contributed by atoms with Gasteiger partial charge in [-0.05, 0) is 25.0 Å². The molecule has 0 bridgehead atoms. The standard InChI is InChI=1S/C19H22N4O2/c1-12-20-16-11-25-17-6-4-3-5-13(17)9-15(16)19(21-12)22-14-7-8-18(24)23(2)10-14/h3-6,14H,7-11H2,1-2H3,(H,20,21,22)/t14-/m1/s1.